The van der Waals surface area contributed by atoms with Crippen molar-refractivity contribution in [2.75, 3.05) is 19.4 Å². The molecule has 0 bridgehead atoms. The van der Waals surface area contributed by atoms with Gasteiger partial charge in [0.15, 0.2) is 0 Å². The lowest BCUT2D eigenvalue weighted by Crippen LogP contribution is -2.21. The summed E-state index contributed by atoms with van der Waals surface area (Å²) in [5, 5.41) is 11.0. The fraction of sp³-hybridized carbons (Fsp3) is 0.333. The van der Waals surface area contributed by atoms with Crippen LogP contribution in [0.15, 0.2) is 27.2 Å². The molecule has 0 spiro atoms. The lowest BCUT2D eigenvalue weighted by atomic mass is 10.4. The van der Waals surface area contributed by atoms with Crippen LogP contribution < -0.4 is 5.32 Å². The third kappa shape index (κ3) is 2.68. The van der Waals surface area contributed by atoms with E-state index < -0.39 is 10.0 Å². The molecule has 2 aromatic rings. The summed E-state index contributed by atoms with van der Waals surface area (Å²) in [7, 11) is -0.604. The highest BCUT2D eigenvalue weighted by atomic mass is 32.2. The SMILES string of the molecule is CN(C)S(=O)(=O)c1ccc(CNc2nncs2)o1. The maximum absolute atomic E-state index is 11.8. The van der Waals surface area contributed by atoms with E-state index in [0.717, 1.165) is 4.31 Å². The van der Waals surface area contributed by atoms with Crippen molar-refractivity contribution in [1.82, 2.24) is 14.5 Å². The molecule has 0 aliphatic heterocycles. The predicted molar refractivity (Wildman–Crippen MR) is 66.8 cm³/mol. The molecule has 7 nitrogen and oxygen atoms in total. The minimum absolute atomic E-state index is 0.0680. The topological polar surface area (TPSA) is 88.3 Å². The van der Waals surface area contributed by atoms with Gasteiger partial charge < -0.3 is 9.73 Å². The number of furan rings is 1. The van der Waals surface area contributed by atoms with Gasteiger partial charge in [-0.15, -0.1) is 10.2 Å². The van der Waals surface area contributed by atoms with Crippen LogP contribution in [0, 0.1) is 0 Å². The number of nitrogens with one attached hydrogen (secondary N) is 1. The summed E-state index contributed by atoms with van der Waals surface area (Å²) in [5.74, 6) is 0.519. The van der Waals surface area contributed by atoms with Crippen LogP contribution in [0.2, 0.25) is 0 Å². The highest BCUT2D eigenvalue weighted by molar-refractivity contribution is 7.88. The smallest absolute Gasteiger partial charge is 0.275 e. The molecular formula is C9H12N4O3S2. The molecule has 1 N–H and O–H groups in total. The molecule has 18 heavy (non-hydrogen) atoms. The number of anilines is 1. The minimum Gasteiger partial charge on any atom is -0.446 e. The molecule has 98 valence electrons. The van der Waals surface area contributed by atoms with Gasteiger partial charge in [0.1, 0.15) is 11.3 Å². The van der Waals surface area contributed by atoms with E-state index in [1.807, 2.05) is 0 Å². The van der Waals surface area contributed by atoms with E-state index in [4.69, 9.17) is 4.42 Å². The van der Waals surface area contributed by atoms with Crippen molar-refractivity contribution in [3.05, 3.63) is 23.4 Å². The molecule has 0 radical (unpaired) electrons. The van der Waals surface area contributed by atoms with Gasteiger partial charge in [-0.25, -0.2) is 12.7 Å². The Balaban J connectivity index is 2.07. The van der Waals surface area contributed by atoms with Crippen LogP contribution in [0.5, 0.6) is 0 Å². The first-order valence-electron chi connectivity index (χ1n) is 5.01. The van der Waals surface area contributed by atoms with Gasteiger partial charge in [-0.1, -0.05) is 11.3 Å². The van der Waals surface area contributed by atoms with Crippen molar-refractivity contribution in [1.29, 1.82) is 0 Å². The van der Waals surface area contributed by atoms with Crippen molar-refractivity contribution < 1.29 is 12.8 Å². The van der Waals surface area contributed by atoms with Gasteiger partial charge in [-0.2, -0.15) is 0 Å². The highest BCUT2D eigenvalue weighted by Crippen LogP contribution is 2.18. The van der Waals surface area contributed by atoms with Gasteiger partial charge in [0.2, 0.25) is 10.2 Å². The van der Waals surface area contributed by atoms with E-state index in [-0.39, 0.29) is 5.09 Å². The standard InChI is InChI=1S/C9H12N4O3S2/c1-13(2)18(14,15)8-4-3-7(16-8)5-10-9-12-11-6-17-9/h3-4,6H,5H2,1-2H3,(H,10,12). The Hall–Kier alpha value is -1.45. The van der Waals surface area contributed by atoms with E-state index in [2.05, 4.69) is 15.5 Å². The molecule has 0 unspecified atom stereocenters. The molecule has 0 saturated heterocycles. The molecule has 0 atom stereocenters. The molecule has 2 aromatic heterocycles. The summed E-state index contributed by atoms with van der Waals surface area (Å²) in [6, 6.07) is 3.05. The van der Waals surface area contributed by atoms with Crippen LogP contribution in [-0.4, -0.2) is 37.0 Å². The van der Waals surface area contributed by atoms with Crippen molar-refractivity contribution in [2.24, 2.45) is 0 Å². The largest absolute Gasteiger partial charge is 0.446 e. The molecule has 0 saturated carbocycles. The van der Waals surface area contributed by atoms with Crippen LogP contribution in [0.3, 0.4) is 0 Å². The summed E-state index contributed by atoms with van der Waals surface area (Å²) in [5.41, 5.74) is 1.60. The number of hydrogen-bond donors (Lipinski definition) is 1. The van der Waals surface area contributed by atoms with E-state index in [0.29, 0.717) is 17.4 Å². The second-order valence-corrected chi connectivity index (χ2v) is 6.52. The van der Waals surface area contributed by atoms with Gasteiger partial charge in [-0.3, -0.25) is 0 Å². The van der Waals surface area contributed by atoms with Crippen LogP contribution in [0.1, 0.15) is 5.76 Å². The zero-order valence-electron chi connectivity index (χ0n) is 9.82. The summed E-state index contributed by atoms with van der Waals surface area (Å²) >= 11 is 1.36. The molecule has 0 aliphatic rings. The summed E-state index contributed by atoms with van der Waals surface area (Å²) in [6.07, 6.45) is 0. The Morgan fingerprint density at radius 1 is 1.44 bits per heavy atom. The maximum atomic E-state index is 11.8. The number of hydrogen-bond acceptors (Lipinski definition) is 7. The Bertz CT molecular complexity index is 604. The zero-order chi connectivity index (χ0) is 13.2. The third-order valence-corrected chi connectivity index (χ3v) is 4.48. The lowest BCUT2D eigenvalue weighted by Gasteiger charge is -2.07. The van der Waals surface area contributed by atoms with Crippen molar-refractivity contribution in [2.45, 2.75) is 11.6 Å². The fourth-order valence-electron chi connectivity index (χ4n) is 1.18. The van der Waals surface area contributed by atoms with Gasteiger partial charge in [0.25, 0.3) is 10.0 Å². The Morgan fingerprint density at radius 2 is 2.22 bits per heavy atom. The quantitative estimate of drug-likeness (QED) is 0.882. The fourth-order valence-corrected chi connectivity index (χ4v) is 2.44. The first-order valence-corrected chi connectivity index (χ1v) is 7.33. The minimum atomic E-state index is -3.51. The summed E-state index contributed by atoms with van der Waals surface area (Å²) < 4.78 is 29.9. The van der Waals surface area contributed by atoms with E-state index >= 15 is 0 Å². The Morgan fingerprint density at radius 3 is 2.83 bits per heavy atom. The first-order chi connectivity index (χ1) is 8.50. The number of rotatable bonds is 5. The molecule has 0 aromatic carbocycles. The molecule has 0 amide bonds. The molecule has 2 rings (SSSR count). The Labute approximate surface area is 108 Å². The average molecular weight is 288 g/mol. The van der Waals surface area contributed by atoms with Crippen LogP contribution in [-0.2, 0) is 16.6 Å². The Kier molecular flexibility index (Phi) is 3.64. The lowest BCUT2D eigenvalue weighted by molar-refractivity contribution is 0.402. The van der Waals surface area contributed by atoms with E-state index in [9.17, 15) is 8.42 Å². The van der Waals surface area contributed by atoms with E-state index in [1.165, 1.54) is 31.5 Å². The highest BCUT2D eigenvalue weighted by Gasteiger charge is 2.21. The molecule has 0 aliphatic carbocycles. The molecule has 9 heteroatoms. The second kappa shape index (κ2) is 5.04. The van der Waals surface area contributed by atoms with Crippen molar-refractivity contribution in [3.8, 4) is 0 Å². The molecule has 2 heterocycles. The number of aromatic nitrogens is 2. The van der Waals surface area contributed by atoms with E-state index in [1.54, 1.807) is 11.6 Å². The van der Waals surface area contributed by atoms with Gasteiger partial charge in [0.05, 0.1) is 6.54 Å². The monoisotopic (exact) mass is 288 g/mol. The number of sulfonamides is 1. The normalized spacial score (nSPS) is 11.9. The van der Waals surface area contributed by atoms with Crippen LogP contribution >= 0.6 is 11.3 Å². The van der Waals surface area contributed by atoms with Gasteiger partial charge in [0, 0.05) is 14.1 Å². The summed E-state index contributed by atoms with van der Waals surface area (Å²) in [6.45, 7) is 0.359. The predicted octanol–water partition coefficient (Wildman–Crippen LogP) is 0.994. The molecule has 0 fully saturated rings. The van der Waals surface area contributed by atoms with Gasteiger partial charge >= 0.3 is 0 Å². The zero-order valence-corrected chi connectivity index (χ0v) is 11.5. The van der Waals surface area contributed by atoms with Crippen molar-refractivity contribution in [3.63, 3.8) is 0 Å². The second-order valence-electron chi connectivity index (χ2n) is 3.61. The van der Waals surface area contributed by atoms with Crippen LogP contribution in [0.4, 0.5) is 5.13 Å². The average Bonchev–Trinajstić information content (AvgIpc) is 2.97. The number of nitrogens with zero attached hydrogens (tertiary/aromatic N) is 3. The third-order valence-electron chi connectivity index (χ3n) is 2.15. The maximum Gasteiger partial charge on any atom is 0.275 e. The first kappa shape index (κ1) is 13.0. The van der Waals surface area contributed by atoms with Crippen molar-refractivity contribution >= 4 is 26.5 Å². The van der Waals surface area contributed by atoms with Gasteiger partial charge in [-0.05, 0) is 12.1 Å². The van der Waals surface area contributed by atoms with Crippen LogP contribution in [0.25, 0.3) is 0 Å². The molecular weight excluding hydrogens is 276 g/mol. The summed E-state index contributed by atoms with van der Waals surface area (Å²) in [4.78, 5) is 0.